The van der Waals surface area contributed by atoms with E-state index in [4.69, 9.17) is 11.6 Å². The predicted octanol–water partition coefficient (Wildman–Crippen LogP) is 5.19. The largest absolute Gasteiger partial charge is 0.313 e. The number of carbonyl (C=O) groups is 1. The van der Waals surface area contributed by atoms with Gasteiger partial charge in [-0.25, -0.2) is 4.39 Å². The van der Waals surface area contributed by atoms with E-state index in [0.29, 0.717) is 16.5 Å². The van der Waals surface area contributed by atoms with Crippen LogP contribution in [0.15, 0.2) is 24.3 Å². The highest BCUT2D eigenvalue weighted by Gasteiger charge is 2.24. The second-order valence-corrected chi connectivity index (χ2v) is 7.64. The molecular weight excluding hydrogens is 359 g/mol. The van der Waals surface area contributed by atoms with Gasteiger partial charge >= 0.3 is 0 Å². The van der Waals surface area contributed by atoms with Gasteiger partial charge in [-0.2, -0.15) is 5.26 Å². The molecule has 0 saturated heterocycles. The van der Waals surface area contributed by atoms with Gasteiger partial charge in [0.1, 0.15) is 16.9 Å². The minimum absolute atomic E-state index is 0.166. The zero-order valence-electron chi connectivity index (χ0n) is 13.6. The van der Waals surface area contributed by atoms with Crippen LogP contribution in [0.25, 0.3) is 6.08 Å². The van der Waals surface area contributed by atoms with Crippen LogP contribution in [0, 0.1) is 23.1 Å². The van der Waals surface area contributed by atoms with E-state index in [0.717, 1.165) is 24.8 Å². The zero-order chi connectivity index (χ0) is 18.0. The molecule has 0 fully saturated rings. The lowest BCUT2D eigenvalue weighted by atomic mass is 9.89. The quantitative estimate of drug-likeness (QED) is 0.751. The van der Waals surface area contributed by atoms with E-state index < -0.39 is 11.7 Å². The molecule has 6 heteroatoms. The summed E-state index contributed by atoms with van der Waals surface area (Å²) in [6.45, 7) is 2.19. The molecule has 0 spiro atoms. The van der Waals surface area contributed by atoms with Gasteiger partial charge in [-0.3, -0.25) is 4.79 Å². The standard InChI is InChI=1S/C19H16ClFN2OS/c1-11-5-6-12-14(10-22)19(25-17(12)9-11)23-18(24)8-7-13-15(20)3-2-4-16(13)21/h2-4,7-8,11H,5-6,9H2,1H3,(H,23,24)/b8-7+. The van der Waals surface area contributed by atoms with Crippen molar-refractivity contribution in [2.24, 2.45) is 5.92 Å². The summed E-state index contributed by atoms with van der Waals surface area (Å²) in [5.41, 5.74) is 1.78. The number of nitriles is 1. The van der Waals surface area contributed by atoms with Gasteiger partial charge in [-0.15, -0.1) is 11.3 Å². The number of halogens is 2. The van der Waals surface area contributed by atoms with Gasteiger partial charge in [0.15, 0.2) is 0 Å². The molecule has 1 atom stereocenters. The molecule has 25 heavy (non-hydrogen) atoms. The molecule has 1 aromatic carbocycles. The molecule has 1 aliphatic rings. The van der Waals surface area contributed by atoms with Crippen LogP contribution in [-0.4, -0.2) is 5.91 Å². The summed E-state index contributed by atoms with van der Waals surface area (Å²) in [4.78, 5) is 13.4. The smallest absolute Gasteiger partial charge is 0.249 e. The number of hydrogen-bond acceptors (Lipinski definition) is 3. The maximum Gasteiger partial charge on any atom is 0.249 e. The molecular formula is C19H16ClFN2OS. The fourth-order valence-electron chi connectivity index (χ4n) is 2.94. The number of nitrogens with one attached hydrogen (secondary N) is 1. The van der Waals surface area contributed by atoms with Crippen molar-refractivity contribution in [2.75, 3.05) is 5.32 Å². The van der Waals surface area contributed by atoms with Crippen molar-refractivity contribution in [2.45, 2.75) is 26.2 Å². The molecule has 0 saturated carbocycles. The molecule has 0 bridgehead atoms. The van der Waals surface area contributed by atoms with Gasteiger partial charge in [0.25, 0.3) is 0 Å². The van der Waals surface area contributed by atoms with E-state index >= 15 is 0 Å². The van der Waals surface area contributed by atoms with Crippen LogP contribution < -0.4 is 5.32 Å². The van der Waals surface area contributed by atoms with E-state index in [2.05, 4.69) is 18.3 Å². The molecule has 0 radical (unpaired) electrons. The van der Waals surface area contributed by atoms with Crippen LogP contribution >= 0.6 is 22.9 Å². The van der Waals surface area contributed by atoms with Gasteiger partial charge in [-0.05, 0) is 49.0 Å². The Balaban J connectivity index is 1.80. The minimum Gasteiger partial charge on any atom is -0.313 e. The number of carbonyl (C=O) groups excluding carboxylic acids is 1. The van der Waals surface area contributed by atoms with Gasteiger partial charge in [0, 0.05) is 16.5 Å². The third kappa shape index (κ3) is 3.76. The van der Waals surface area contributed by atoms with Crippen LogP contribution in [0.3, 0.4) is 0 Å². The Bertz CT molecular complexity index is 877. The monoisotopic (exact) mass is 374 g/mol. The van der Waals surface area contributed by atoms with Gasteiger partial charge in [-0.1, -0.05) is 24.6 Å². The lowest BCUT2D eigenvalue weighted by Gasteiger charge is -2.17. The molecule has 1 amide bonds. The Kier molecular flexibility index (Phi) is 5.22. The van der Waals surface area contributed by atoms with Crippen LogP contribution in [-0.2, 0) is 17.6 Å². The Morgan fingerprint density at radius 2 is 2.32 bits per heavy atom. The third-order valence-electron chi connectivity index (χ3n) is 4.26. The molecule has 1 unspecified atom stereocenters. The number of benzene rings is 1. The van der Waals surface area contributed by atoms with Crippen molar-refractivity contribution in [1.82, 2.24) is 0 Å². The average Bonchev–Trinajstić information content (AvgIpc) is 2.90. The molecule has 128 valence electrons. The topological polar surface area (TPSA) is 52.9 Å². The lowest BCUT2D eigenvalue weighted by molar-refractivity contribution is -0.111. The van der Waals surface area contributed by atoms with Crippen molar-refractivity contribution in [3.8, 4) is 6.07 Å². The summed E-state index contributed by atoms with van der Waals surface area (Å²) in [5.74, 6) is -0.318. The maximum atomic E-state index is 13.7. The van der Waals surface area contributed by atoms with Crippen LogP contribution in [0.1, 0.15) is 34.9 Å². The Morgan fingerprint density at radius 1 is 1.52 bits per heavy atom. The van der Waals surface area contributed by atoms with E-state index in [9.17, 15) is 14.4 Å². The van der Waals surface area contributed by atoms with Crippen molar-refractivity contribution >= 4 is 39.9 Å². The van der Waals surface area contributed by atoms with Crippen molar-refractivity contribution in [1.29, 1.82) is 5.26 Å². The van der Waals surface area contributed by atoms with Crippen molar-refractivity contribution in [3.05, 3.63) is 56.7 Å². The molecule has 0 aliphatic heterocycles. The minimum atomic E-state index is -0.491. The molecule has 1 aliphatic carbocycles. The van der Waals surface area contributed by atoms with Crippen LogP contribution in [0.5, 0.6) is 0 Å². The lowest BCUT2D eigenvalue weighted by Crippen LogP contribution is -2.10. The molecule has 1 N–H and O–H groups in total. The van der Waals surface area contributed by atoms with E-state index in [1.165, 1.54) is 40.5 Å². The van der Waals surface area contributed by atoms with E-state index in [1.807, 2.05) is 0 Å². The normalized spacial score (nSPS) is 16.5. The molecule has 3 nitrogen and oxygen atoms in total. The highest BCUT2D eigenvalue weighted by Crippen LogP contribution is 2.39. The summed E-state index contributed by atoms with van der Waals surface area (Å²) in [6, 6.07) is 6.56. The first-order chi connectivity index (χ1) is 12.0. The van der Waals surface area contributed by atoms with Crippen LogP contribution in [0.2, 0.25) is 5.02 Å². The first kappa shape index (κ1) is 17.7. The molecule has 3 rings (SSSR count). The number of thiophene rings is 1. The Hall–Kier alpha value is -2.16. The van der Waals surface area contributed by atoms with Gasteiger partial charge < -0.3 is 5.32 Å². The SMILES string of the molecule is CC1CCc2c(sc(NC(=O)/C=C/c3c(F)cccc3Cl)c2C#N)C1. The molecule has 2 aromatic rings. The van der Waals surface area contributed by atoms with Gasteiger partial charge in [0.2, 0.25) is 5.91 Å². The highest BCUT2D eigenvalue weighted by molar-refractivity contribution is 7.16. The summed E-state index contributed by atoms with van der Waals surface area (Å²) in [5, 5.41) is 13.0. The number of nitrogens with zero attached hydrogens (tertiary/aromatic N) is 1. The number of amides is 1. The number of anilines is 1. The average molecular weight is 375 g/mol. The zero-order valence-corrected chi connectivity index (χ0v) is 15.2. The Labute approximate surface area is 154 Å². The Morgan fingerprint density at radius 3 is 3.04 bits per heavy atom. The van der Waals surface area contributed by atoms with Gasteiger partial charge in [0.05, 0.1) is 10.6 Å². The van der Waals surface area contributed by atoms with Crippen molar-refractivity contribution in [3.63, 3.8) is 0 Å². The van der Waals surface area contributed by atoms with Crippen LogP contribution in [0.4, 0.5) is 9.39 Å². The first-order valence-electron chi connectivity index (χ1n) is 7.97. The predicted molar refractivity (Wildman–Crippen MR) is 99.3 cm³/mol. The fraction of sp³-hybridized carbons (Fsp3) is 0.263. The summed E-state index contributed by atoms with van der Waals surface area (Å²) >= 11 is 7.40. The molecule has 1 aromatic heterocycles. The summed E-state index contributed by atoms with van der Waals surface area (Å²) in [6.07, 6.45) is 5.43. The highest BCUT2D eigenvalue weighted by atomic mass is 35.5. The van der Waals surface area contributed by atoms with E-state index in [-0.39, 0.29) is 10.6 Å². The second-order valence-electron chi connectivity index (χ2n) is 6.13. The third-order valence-corrected chi connectivity index (χ3v) is 5.76. The van der Waals surface area contributed by atoms with E-state index in [1.54, 1.807) is 6.07 Å². The molecule has 1 heterocycles. The maximum absolute atomic E-state index is 13.7. The first-order valence-corrected chi connectivity index (χ1v) is 9.16. The number of hydrogen-bond donors (Lipinski definition) is 1. The summed E-state index contributed by atoms with van der Waals surface area (Å²) in [7, 11) is 0. The van der Waals surface area contributed by atoms with Crippen molar-refractivity contribution < 1.29 is 9.18 Å². The second kappa shape index (κ2) is 7.38. The number of rotatable bonds is 3. The number of fused-ring (bicyclic) bond motifs is 1. The fourth-order valence-corrected chi connectivity index (χ4v) is 4.53. The summed E-state index contributed by atoms with van der Waals surface area (Å²) < 4.78 is 13.7.